The maximum atomic E-state index is 10.7. The Bertz CT molecular complexity index is 301. The summed E-state index contributed by atoms with van der Waals surface area (Å²) in [6, 6.07) is 7.61. The molecule has 0 aliphatic carbocycles. The van der Waals surface area contributed by atoms with Crippen molar-refractivity contribution >= 4 is 21.8 Å². The number of aliphatic hydroxyl groups is 1. The third-order valence-electron chi connectivity index (χ3n) is 1.58. The van der Waals surface area contributed by atoms with Crippen LogP contribution in [0.3, 0.4) is 0 Å². The minimum Gasteiger partial charge on any atom is -0.387 e. The standard InChI is InChI=1S/C9H10BrNO2/c10-8-4-2-1-3-7(8)5-11-9(13)6-12/h1-4,12H,5-6H2,(H,11,13). The molecule has 0 saturated heterocycles. The van der Waals surface area contributed by atoms with Gasteiger partial charge in [-0.2, -0.15) is 0 Å². The van der Waals surface area contributed by atoms with Gasteiger partial charge in [-0.25, -0.2) is 0 Å². The van der Waals surface area contributed by atoms with Gasteiger partial charge in [-0.3, -0.25) is 4.79 Å². The van der Waals surface area contributed by atoms with E-state index in [-0.39, 0.29) is 5.91 Å². The zero-order valence-corrected chi connectivity index (χ0v) is 8.54. The number of benzene rings is 1. The number of carbonyl (C=O) groups is 1. The van der Waals surface area contributed by atoms with E-state index < -0.39 is 6.61 Å². The smallest absolute Gasteiger partial charge is 0.245 e. The third-order valence-corrected chi connectivity index (χ3v) is 2.35. The van der Waals surface area contributed by atoms with E-state index in [1.165, 1.54) is 0 Å². The van der Waals surface area contributed by atoms with Crippen molar-refractivity contribution in [3.05, 3.63) is 34.3 Å². The summed E-state index contributed by atoms with van der Waals surface area (Å²) in [5.74, 6) is -0.365. The number of aliphatic hydroxyl groups excluding tert-OH is 1. The molecule has 0 spiro atoms. The lowest BCUT2D eigenvalue weighted by Crippen LogP contribution is -2.25. The lowest BCUT2D eigenvalue weighted by Gasteiger charge is -2.04. The summed E-state index contributed by atoms with van der Waals surface area (Å²) >= 11 is 3.35. The van der Waals surface area contributed by atoms with Gasteiger partial charge in [-0.05, 0) is 11.6 Å². The quantitative estimate of drug-likeness (QED) is 0.835. The van der Waals surface area contributed by atoms with Crippen molar-refractivity contribution in [2.45, 2.75) is 6.54 Å². The average Bonchev–Trinajstić information content (AvgIpc) is 2.16. The Morgan fingerprint density at radius 1 is 1.46 bits per heavy atom. The zero-order chi connectivity index (χ0) is 9.68. The molecule has 0 aliphatic rings. The second-order valence-electron chi connectivity index (χ2n) is 2.53. The van der Waals surface area contributed by atoms with E-state index in [4.69, 9.17) is 5.11 Å². The molecule has 0 saturated carbocycles. The van der Waals surface area contributed by atoms with Crippen molar-refractivity contribution in [3.63, 3.8) is 0 Å². The highest BCUT2D eigenvalue weighted by Gasteiger charge is 2.00. The molecule has 0 aliphatic heterocycles. The van der Waals surface area contributed by atoms with Crippen LogP contribution < -0.4 is 5.32 Å². The first-order valence-electron chi connectivity index (χ1n) is 3.85. The van der Waals surface area contributed by atoms with Crippen LogP contribution >= 0.6 is 15.9 Å². The topological polar surface area (TPSA) is 49.3 Å². The predicted molar refractivity (Wildman–Crippen MR) is 53.1 cm³/mol. The van der Waals surface area contributed by atoms with Crippen molar-refractivity contribution in [2.75, 3.05) is 6.61 Å². The third kappa shape index (κ3) is 3.16. The van der Waals surface area contributed by atoms with Crippen LogP contribution in [0.4, 0.5) is 0 Å². The largest absolute Gasteiger partial charge is 0.387 e. The minimum atomic E-state index is -0.468. The lowest BCUT2D eigenvalue weighted by molar-refractivity contribution is -0.123. The molecule has 1 amide bonds. The molecule has 2 N–H and O–H groups in total. The minimum absolute atomic E-state index is 0.365. The summed E-state index contributed by atoms with van der Waals surface area (Å²) in [4.78, 5) is 10.7. The number of nitrogens with one attached hydrogen (secondary N) is 1. The molecule has 0 fully saturated rings. The Hall–Kier alpha value is -0.870. The molecule has 1 aromatic carbocycles. The van der Waals surface area contributed by atoms with Crippen LogP contribution in [0.2, 0.25) is 0 Å². The van der Waals surface area contributed by atoms with E-state index >= 15 is 0 Å². The summed E-state index contributed by atoms with van der Waals surface area (Å²) in [7, 11) is 0. The first-order valence-corrected chi connectivity index (χ1v) is 4.64. The summed E-state index contributed by atoms with van der Waals surface area (Å²) in [5.41, 5.74) is 0.990. The molecule has 0 atom stereocenters. The number of hydrogen-bond donors (Lipinski definition) is 2. The maximum absolute atomic E-state index is 10.7. The Balaban J connectivity index is 2.54. The van der Waals surface area contributed by atoms with Crippen molar-refractivity contribution in [1.82, 2.24) is 5.32 Å². The van der Waals surface area contributed by atoms with Crippen LogP contribution in [-0.2, 0) is 11.3 Å². The number of rotatable bonds is 3. The zero-order valence-electron chi connectivity index (χ0n) is 6.96. The second kappa shape index (κ2) is 4.99. The Labute approximate surface area is 84.9 Å². The first-order chi connectivity index (χ1) is 6.24. The molecule has 0 heterocycles. The highest BCUT2D eigenvalue weighted by atomic mass is 79.9. The SMILES string of the molecule is O=C(CO)NCc1ccccc1Br. The van der Waals surface area contributed by atoms with Gasteiger partial charge in [-0.1, -0.05) is 34.1 Å². The summed E-state index contributed by atoms with van der Waals surface area (Å²) < 4.78 is 0.952. The van der Waals surface area contributed by atoms with E-state index in [2.05, 4.69) is 21.2 Å². The van der Waals surface area contributed by atoms with Crippen LogP contribution in [0.25, 0.3) is 0 Å². The fraction of sp³-hybridized carbons (Fsp3) is 0.222. The van der Waals surface area contributed by atoms with Gasteiger partial charge in [0.05, 0.1) is 0 Å². The molecule has 0 aromatic heterocycles. The Morgan fingerprint density at radius 2 is 2.15 bits per heavy atom. The van der Waals surface area contributed by atoms with Gasteiger partial charge >= 0.3 is 0 Å². The molecule has 4 heteroatoms. The normalized spacial score (nSPS) is 9.69. The Morgan fingerprint density at radius 3 is 2.77 bits per heavy atom. The average molecular weight is 244 g/mol. The molecule has 1 aromatic rings. The van der Waals surface area contributed by atoms with Gasteiger partial charge in [-0.15, -0.1) is 0 Å². The lowest BCUT2D eigenvalue weighted by atomic mass is 10.2. The molecule has 70 valence electrons. The van der Waals surface area contributed by atoms with Gasteiger partial charge in [0.25, 0.3) is 0 Å². The molecule has 0 bridgehead atoms. The number of hydrogen-bond acceptors (Lipinski definition) is 2. The van der Waals surface area contributed by atoms with E-state index in [9.17, 15) is 4.79 Å². The van der Waals surface area contributed by atoms with Gasteiger partial charge in [0.1, 0.15) is 6.61 Å². The molecule has 0 unspecified atom stereocenters. The van der Waals surface area contributed by atoms with Gasteiger partial charge in [0.2, 0.25) is 5.91 Å². The van der Waals surface area contributed by atoms with Gasteiger partial charge < -0.3 is 10.4 Å². The number of carbonyl (C=O) groups excluding carboxylic acids is 1. The van der Waals surface area contributed by atoms with E-state index in [0.29, 0.717) is 6.54 Å². The molecule has 0 radical (unpaired) electrons. The second-order valence-corrected chi connectivity index (χ2v) is 3.38. The van der Waals surface area contributed by atoms with Crippen LogP contribution in [0.5, 0.6) is 0 Å². The van der Waals surface area contributed by atoms with Crippen LogP contribution in [-0.4, -0.2) is 17.6 Å². The number of halogens is 1. The van der Waals surface area contributed by atoms with Crippen LogP contribution in [0.1, 0.15) is 5.56 Å². The van der Waals surface area contributed by atoms with Crippen molar-refractivity contribution < 1.29 is 9.90 Å². The fourth-order valence-corrected chi connectivity index (χ4v) is 1.32. The highest BCUT2D eigenvalue weighted by molar-refractivity contribution is 9.10. The molecule has 13 heavy (non-hydrogen) atoms. The van der Waals surface area contributed by atoms with Gasteiger partial charge in [0.15, 0.2) is 0 Å². The molecule has 3 nitrogen and oxygen atoms in total. The van der Waals surface area contributed by atoms with E-state index in [1.807, 2.05) is 24.3 Å². The van der Waals surface area contributed by atoms with Gasteiger partial charge in [0, 0.05) is 11.0 Å². The predicted octanol–water partition coefficient (Wildman–Crippen LogP) is 1.06. The van der Waals surface area contributed by atoms with E-state index in [1.54, 1.807) is 0 Å². The van der Waals surface area contributed by atoms with E-state index in [0.717, 1.165) is 10.0 Å². The summed E-state index contributed by atoms with van der Waals surface area (Å²) in [6.07, 6.45) is 0. The summed E-state index contributed by atoms with van der Waals surface area (Å²) in [5, 5.41) is 11.0. The van der Waals surface area contributed by atoms with Crippen LogP contribution in [0, 0.1) is 0 Å². The monoisotopic (exact) mass is 243 g/mol. The van der Waals surface area contributed by atoms with Crippen LogP contribution in [0.15, 0.2) is 28.7 Å². The van der Waals surface area contributed by atoms with Crippen molar-refractivity contribution in [1.29, 1.82) is 0 Å². The summed E-state index contributed by atoms with van der Waals surface area (Å²) in [6.45, 7) is -0.0364. The molecular weight excluding hydrogens is 234 g/mol. The molecular formula is C9H10BrNO2. The fourth-order valence-electron chi connectivity index (χ4n) is 0.891. The highest BCUT2D eigenvalue weighted by Crippen LogP contribution is 2.14. The maximum Gasteiger partial charge on any atom is 0.245 e. The Kier molecular flexibility index (Phi) is 3.92. The van der Waals surface area contributed by atoms with Crippen molar-refractivity contribution in [3.8, 4) is 0 Å². The molecule has 1 rings (SSSR count). The van der Waals surface area contributed by atoms with Crippen molar-refractivity contribution in [2.24, 2.45) is 0 Å². The first kappa shape index (κ1) is 10.2. The number of amides is 1.